The van der Waals surface area contributed by atoms with Gasteiger partial charge in [-0.25, -0.2) is 9.07 Å². The van der Waals surface area contributed by atoms with E-state index in [-0.39, 0.29) is 5.82 Å². The van der Waals surface area contributed by atoms with Gasteiger partial charge >= 0.3 is 0 Å². The molecule has 0 saturated carbocycles. The van der Waals surface area contributed by atoms with Crippen LogP contribution in [-0.4, -0.2) is 21.0 Å². The van der Waals surface area contributed by atoms with E-state index in [0.717, 1.165) is 28.1 Å². The van der Waals surface area contributed by atoms with Crippen LogP contribution in [0.25, 0.3) is 5.70 Å². The lowest BCUT2D eigenvalue weighted by molar-refractivity contribution is 0.222. The van der Waals surface area contributed by atoms with E-state index in [2.05, 4.69) is 45.9 Å². The highest BCUT2D eigenvalue weighted by atomic mass is 32.2. The molecule has 3 aromatic carbocycles. The van der Waals surface area contributed by atoms with Gasteiger partial charge in [0.1, 0.15) is 30.0 Å². The predicted molar refractivity (Wildman–Crippen MR) is 123 cm³/mol. The van der Waals surface area contributed by atoms with Crippen LogP contribution in [-0.2, 0) is 0 Å². The SMILES string of the molecule is CSc1ccc([C@H]2Oc3ccccc3C3=C2[C@H](c2ccccc2F)n2ncnc2N3)cc1. The summed E-state index contributed by atoms with van der Waals surface area (Å²) in [6.07, 6.45) is 3.13. The average molecular weight is 443 g/mol. The number of nitrogens with one attached hydrogen (secondary N) is 1. The average Bonchev–Trinajstić information content (AvgIpc) is 3.31. The van der Waals surface area contributed by atoms with E-state index in [1.165, 1.54) is 17.3 Å². The molecule has 1 aromatic heterocycles. The molecule has 0 bridgehead atoms. The van der Waals surface area contributed by atoms with Crippen molar-refractivity contribution in [2.75, 3.05) is 11.6 Å². The predicted octanol–water partition coefficient (Wildman–Crippen LogP) is 5.70. The Bertz CT molecular complexity index is 1350. The number of rotatable bonds is 3. The molecule has 0 radical (unpaired) electrons. The van der Waals surface area contributed by atoms with Crippen molar-refractivity contribution in [3.8, 4) is 5.75 Å². The van der Waals surface area contributed by atoms with Crippen molar-refractivity contribution >= 4 is 23.4 Å². The summed E-state index contributed by atoms with van der Waals surface area (Å²) < 4.78 is 23.4. The number of aromatic nitrogens is 3. The maximum absolute atomic E-state index is 15.1. The number of ether oxygens (including phenoxy) is 1. The number of hydrogen-bond acceptors (Lipinski definition) is 5. The van der Waals surface area contributed by atoms with Crippen molar-refractivity contribution in [3.63, 3.8) is 0 Å². The van der Waals surface area contributed by atoms with E-state index in [4.69, 9.17) is 4.74 Å². The molecule has 158 valence electrons. The number of nitrogens with zero attached hydrogens (tertiary/aromatic N) is 3. The molecular formula is C25H19FN4OS. The molecule has 3 heterocycles. The fraction of sp³-hybridized carbons (Fsp3) is 0.120. The van der Waals surface area contributed by atoms with Crippen LogP contribution in [0.15, 0.2) is 89.6 Å². The van der Waals surface area contributed by atoms with E-state index >= 15 is 4.39 Å². The summed E-state index contributed by atoms with van der Waals surface area (Å²) in [6.45, 7) is 0. The molecule has 0 saturated heterocycles. The zero-order valence-corrected chi connectivity index (χ0v) is 18.0. The van der Waals surface area contributed by atoms with E-state index in [0.29, 0.717) is 11.5 Å². The van der Waals surface area contributed by atoms with Crippen LogP contribution >= 0.6 is 11.8 Å². The molecule has 6 rings (SSSR count). The first-order valence-corrected chi connectivity index (χ1v) is 11.5. The van der Waals surface area contributed by atoms with Crippen LogP contribution in [0.3, 0.4) is 0 Å². The molecule has 2 aliphatic rings. The van der Waals surface area contributed by atoms with E-state index in [1.54, 1.807) is 28.6 Å². The fourth-order valence-electron chi connectivity index (χ4n) is 4.47. The second-order valence-corrected chi connectivity index (χ2v) is 8.55. The van der Waals surface area contributed by atoms with Gasteiger partial charge in [-0.2, -0.15) is 10.1 Å². The highest BCUT2D eigenvalue weighted by Gasteiger charge is 2.41. The Balaban J connectivity index is 1.62. The minimum Gasteiger partial charge on any atom is -0.480 e. The molecule has 0 spiro atoms. The summed E-state index contributed by atoms with van der Waals surface area (Å²) in [7, 11) is 0. The highest BCUT2D eigenvalue weighted by molar-refractivity contribution is 7.98. The Labute approximate surface area is 189 Å². The van der Waals surface area contributed by atoms with Gasteiger partial charge in [-0.15, -0.1) is 11.8 Å². The topological polar surface area (TPSA) is 52.0 Å². The van der Waals surface area contributed by atoms with Gasteiger partial charge in [0.25, 0.3) is 0 Å². The molecule has 0 aliphatic carbocycles. The van der Waals surface area contributed by atoms with Crippen LogP contribution in [0.1, 0.15) is 28.8 Å². The summed E-state index contributed by atoms with van der Waals surface area (Å²) in [5.41, 5.74) is 4.25. The maximum atomic E-state index is 15.1. The number of thioether (sulfide) groups is 1. The third-order valence-electron chi connectivity index (χ3n) is 5.94. The first-order valence-electron chi connectivity index (χ1n) is 10.3. The summed E-state index contributed by atoms with van der Waals surface area (Å²) in [6, 6.07) is 22.5. The van der Waals surface area contributed by atoms with Crippen LogP contribution < -0.4 is 10.1 Å². The van der Waals surface area contributed by atoms with Crippen molar-refractivity contribution in [1.29, 1.82) is 0 Å². The first-order chi connectivity index (χ1) is 15.7. The third kappa shape index (κ3) is 2.92. The monoisotopic (exact) mass is 442 g/mol. The summed E-state index contributed by atoms with van der Waals surface area (Å²) in [5.74, 6) is 1.06. The standard InChI is InChI=1S/C25H19FN4OS/c1-32-16-12-10-15(11-13-16)24-21-22(18-7-3-5-9-20(18)31-24)29-25-27-14-28-30(25)23(21)17-6-2-4-8-19(17)26/h2-14,23-24H,1H3,(H,27,28,29)/t23-,24+/m0/s1. The van der Waals surface area contributed by atoms with Gasteiger partial charge in [-0.3, -0.25) is 0 Å². The van der Waals surface area contributed by atoms with Crippen LogP contribution in [0.4, 0.5) is 10.3 Å². The van der Waals surface area contributed by atoms with Crippen LogP contribution in [0, 0.1) is 5.82 Å². The molecule has 32 heavy (non-hydrogen) atoms. The zero-order valence-electron chi connectivity index (χ0n) is 17.2. The number of fused-ring (bicyclic) bond motifs is 3. The van der Waals surface area contributed by atoms with E-state index in [9.17, 15) is 0 Å². The number of para-hydroxylation sites is 1. The minimum absolute atomic E-state index is 0.289. The Morgan fingerprint density at radius 2 is 1.78 bits per heavy atom. The lowest BCUT2D eigenvalue weighted by Gasteiger charge is -2.39. The molecular weight excluding hydrogens is 423 g/mol. The number of halogens is 1. The van der Waals surface area contributed by atoms with Gasteiger partial charge in [0, 0.05) is 21.6 Å². The van der Waals surface area contributed by atoms with Crippen LogP contribution in [0.2, 0.25) is 0 Å². The Kier molecular flexibility index (Phi) is 4.50. The number of anilines is 1. The molecule has 5 nitrogen and oxygen atoms in total. The molecule has 1 N–H and O–H groups in total. The lowest BCUT2D eigenvalue weighted by atomic mass is 9.84. The zero-order chi connectivity index (χ0) is 21.7. The van der Waals surface area contributed by atoms with Crippen molar-refractivity contribution in [3.05, 3.63) is 107 Å². The maximum Gasteiger partial charge on any atom is 0.226 e. The second-order valence-electron chi connectivity index (χ2n) is 7.67. The van der Waals surface area contributed by atoms with Gasteiger partial charge in [-0.1, -0.05) is 42.5 Å². The Morgan fingerprint density at radius 3 is 2.59 bits per heavy atom. The highest BCUT2D eigenvalue weighted by Crippen LogP contribution is 2.50. The van der Waals surface area contributed by atoms with Gasteiger partial charge in [-0.05, 0) is 42.2 Å². The molecule has 4 aromatic rings. The Morgan fingerprint density at radius 1 is 1.00 bits per heavy atom. The molecule has 0 unspecified atom stereocenters. The molecule has 2 atom stereocenters. The van der Waals surface area contributed by atoms with Crippen molar-refractivity contribution in [1.82, 2.24) is 14.8 Å². The first kappa shape index (κ1) is 19.1. The smallest absolute Gasteiger partial charge is 0.226 e. The summed E-state index contributed by atoms with van der Waals surface area (Å²) in [4.78, 5) is 5.56. The third-order valence-corrected chi connectivity index (χ3v) is 6.68. The van der Waals surface area contributed by atoms with E-state index < -0.39 is 12.1 Å². The second kappa shape index (κ2) is 7.53. The minimum atomic E-state index is -0.497. The molecule has 0 fully saturated rings. The largest absolute Gasteiger partial charge is 0.480 e. The van der Waals surface area contributed by atoms with Crippen LogP contribution in [0.5, 0.6) is 5.75 Å². The van der Waals surface area contributed by atoms with Crippen molar-refractivity contribution < 1.29 is 9.13 Å². The summed E-state index contributed by atoms with van der Waals surface area (Å²) >= 11 is 1.69. The lowest BCUT2D eigenvalue weighted by Crippen LogP contribution is -2.32. The number of benzene rings is 3. The molecule has 2 aliphatic heterocycles. The Hall–Kier alpha value is -3.58. The van der Waals surface area contributed by atoms with Gasteiger partial charge < -0.3 is 10.1 Å². The summed E-state index contributed by atoms with van der Waals surface area (Å²) in [5, 5.41) is 7.88. The van der Waals surface area contributed by atoms with Gasteiger partial charge in [0.15, 0.2) is 0 Å². The van der Waals surface area contributed by atoms with Crippen molar-refractivity contribution in [2.45, 2.75) is 17.0 Å². The van der Waals surface area contributed by atoms with Crippen molar-refractivity contribution in [2.24, 2.45) is 0 Å². The normalized spacial score (nSPS) is 18.8. The molecule has 7 heteroatoms. The molecule has 0 amide bonds. The van der Waals surface area contributed by atoms with Gasteiger partial charge in [0.05, 0.1) is 5.70 Å². The number of hydrogen-bond donors (Lipinski definition) is 1. The van der Waals surface area contributed by atoms with Gasteiger partial charge in [0.2, 0.25) is 5.95 Å². The quantitative estimate of drug-likeness (QED) is 0.413. The van der Waals surface area contributed by atoms with E-state index in [1.807, 2.05) is 30.3 Å². The fourth-order valence-corrected chi connectivity index (χ4v) is 4.88.